The van der Waals surface area contributed by atoms with Gasteiger partial charge in [0.05, 0.1) is 19.0 Å². The van der Waals surface area contributed by atoms with E-state index in [4.69, 9.17) is 4.74 Å². The summed E-state index contributed by atoms with van der Waals surface area (Å²) in [5.41, 5.74) is 1.85. The first-order valence-electron chi connectivity index (χ1n) is 8.15. The molecule has 1 amide bonds. The van der Waals surface area contributed by atoms with E-state index >= 15 is 0 Å². The van der Waals surface area contributed by atoms with Crippen molar-refractivity contribution in [3.8, 4) is 0 Å². The Kier molecular flexibility index (Phi) is 6.28. The number of hydrogen-bond donors (Lipinski definition) is 1. The summed E-state index contributed by atoms with van der Waals surface area (Å²) in [4.78, 5) is 12.3. The number of nitrogens with one attached hydrogen (secondary N) is 1. The molecule has 0 spiro atoms. The molecule has 1 aliphatic heterocycles. The van der Waals surface area contributed by atoms with Gasteiger partial charge in [-0.1, -0.05) is 12.1 Å². The first kappa shape index (κ1) is 19.3. The van der Waals surface area contributed by atoms with Gasteiger partial charge in [0.2, 0.25) is 10.0 Å². The number of nitrogens with zero attached hydrogens (tertiary/aromatic N) is 1. The first-order valence-corrected chi connectivity index (χ1v) is 10.8. The van der Waals surface area contributed by atoms with E-state index in [-0.39, 0.29) is 11.7 Å². The third kappa shape index (κ3) is 5.03. The van der Waals surface area contributed by atoms with Gasteiger partial charge in [-0.3, -0.25) is 4.79 Å². The topological polar surface area (TPSA) is 75.7 Å². The molecule has 1 aliphatic rings. The highest BCUT2D eigenvalue weighted by molar-refractivity contribution is 14.1. The van der Waals surface area contributed by atoms with Crippen molar-refractivity contribution in [2.24, 2.45) is 0 Å². The minimum absolute atomic E-state index is 0.0774. The Bertz CT molecular complexity index is 861. The van der Waals surface area contributed by atoms with E-state index in [9.17, 15) is 13.2 Å². The lowest BCUT2D eigenvalue weighted by Gasteiger charge is -2.26. The average molecular weight is 486 g/mol. The van der Waals surface area contributed by atoms with E-state index in [1.807, 2.05) is 24.3 Å². The van der Waals surface area contributed by atoms with Crippen LogP contribution in [0.1, 0.15) is 15.9 Å². The number of hydrogen-bond acceptors (Lipinski definition) is 4. The molecule has 6 nitrogen and oxygen atoms in total. The number of carbonyl (C=O) groups excluding carboxylic acids is 1. The third-order valence-electron chi connectivity index (χ3n) is 4.03. The van der Waals surface area contributed by atoms with E-state index in [0.717, 1.165) is 9.26 Å². The molecule has 0 aliphatic carbocycles. The van der Waals surface area contributed by atoms with Gasteiger partial charge in [0.25, 0.3) is 5.91 Å². The summed E-state index contributed by atoms with van der Waals surface area (Å²) < 4.78 is 32.6. The summed E-state index contributed by atoms with van der Waals surface area (Å²) in [6, 6.07) is 14.2. The quantitative estimate of drug-likeness (QED) is 0.660. The Labute approximate surface area is 166 Å². The summed E-state index contributed by atoms with van der Waals surface area (Å²) >= 11 is 2.20. The van der Waals surface area contributed by atoms with Gasteiger partial charge >= 0.3 is 0 Å². The van der Waals surface area contributed by atoms with Gasteiger partial charge in [0.1, 0.15) is 0 Å². The number of morpholine rings is 1. The third-order valence-corrected chi connectivity index (χ3v) is 6.60. The number of anilines is 1. The average Bonchev–Trinajstić information content (AvgIpc) is 2.64. The highest BCUT2D eigenvalue weighted by Crippen LogP contribution is 2.16. The van der Waals surface area contributed by atoms with E-state index in [2.05, 4.69) is 27.9 Å². The molecule has 1 saturated heterocycles. The van der Waals surface area contributed by atoms with Gasteiger partial charge in [-0.2, -0.15) is 4.31 Å². The van der Waals surface area contributed by atoms with Crippen LogP contribution in [-0.4, -0.2) is 44.9 Å². The predicted molar refractivity (Wildman–Crippen MR) is 109 cm³/mol. The number of amides is 1. The molecular formula is C18H19IN2O4S. The first-order chi connectivity index (χ1) is 12.4. The number of halogens is 1. The molecule has 138 valence electrons. The molecule has 1 N–H and O–H groups in total. The Hall–Kier alpha value is -1.49. The molecule has 0 aromatic heterocycles. The summed E-state index contributed by atoms with van der Waals surface area (Å²) in [6.45, 7) is 1.63. The molecule has 0 unspecified atom stereocenters. The van der Waals surface area contributed by atoms with Crippen LogP contribution in [0.4, 0.5) is 5.69 Å². The van der Waals surface area contributed by atoms with Crippen molar-refractivity contribution in [3.05, 3.63) is 63.2 Å². The van der Waals surface area contributed by atoms with Crippen LogP contribution < -0.4 is 5.32 Å². The van der Waals surface area contributed by atoms with E-state index in [1.54, 1.807) is 24.3 Å². The van der Waals surface area contributed by atoms with Crippen LogP contribution in [0.2, 0.25) is 0 Å². The van der Waals surface area contributed by atoms with Crippen LogP contribution in [0.3, 0.4) is 0 Å². The smallest absolute Gasteiger partial charge is 0.255 e. The number of rotatable bonds is 5. The van der Waals surface area contributed by atoms with Crippen LogP contribution in [0, 0.1) is 3.57 Å². The molecule has 8 heteroatoms. The SMILES string of the molecule is O=C(Nc1ccc(I)cc1)c1ccc(CS(=O)(=O)N2CCOCC2)cc1. The van der Waals surface area contributed by atoms with Crippen molar-refractivity contribution in [1.29, 1.82) is 0 Å². The highest BCUT2D eigenvalue weighted by Gasteiger charge is 2.24. The second-order valence-corrected chi connectivity index (χ2v) is 9.14. The summed E-state index contributed by atoms with van der Waals surface area (Å²) in [5.74, 6) is -0.305. The maximum absolute atomic E-state index is 12.4. The second kappa shape index (κ2) is 8.47. The Balaban J connectivity index is 1.64. The number of ether oxygens (including phenoxy) is 1. The fraction of sp³-hybridized carbons (Fsp3) is 0.278. The van der Waals surface area contributed by atoms with Crippen LogP contribution in [0.5, 0.6) is 0 Å². The van der Waals surface area contributed by atoms with Crippen LogP contribution in [-0.2, 0) is 20.5 Å². The summed E-state index contributed by atoms with van der Waals surface area (Å²) in [6.07, 6.45) is 0. The van der Waals surface area contributed by atoms with Crippen LogP contribution in [0.15, 0.2) is 48.5 Å². The minimum atomic E-state index is -3.37. The normalized spacial score (nSPS) is 15.6. The number of sulfonamides is 1. The fourth-order valence-corrected chi connectivity index (χ4v) is 4.48. The highest BCUT2D eigenvalue weighted by atomic mass is 127. The van der Waals surface area contributed by atoms with Crippen molar-refractivity contribution >= 4 is 44.2 Å². The largest absolute Gasteiger partial charge is 0.379 e. The Morgan fingerprint density at radius 1 is 1.04 bits per heavy atom. The minimum Gasteiger partial charge on any atom is -0.379 e. The van der Waals surface area contributed by atoms with Crippen molar-refractivity contribution in [2.75, 3.05) is 31.6 Å². The molecule has 0 atom stereocenters. The number of benzene rings is 2. The number of carbonyl (C=O) groups is 1. The standard InChI is InChI=1S/C18H19IN2O4S/c19-16-5-7-17(8-6-16)20-18(22)15-3-1-14(2-4-15)13-26(23,24)21-9-11-25-12-10-21/h1-8H,9-13H2,(H,20,22). The van der Waals surface area contributed by atoms with Gasteiger partial charge in [0.15, 0.2) is 0 Å². The lowest BCUT2D eigenvalue weighted by Crippen LogP contribution is -2.41. The lowest BCUT2D eigenvalue weighted by atomic mass is 10.1. The Morgan fingerprint density at radius 3 is 2.27 bits per heavy atom. The van der Waals surface area contributed by atoms with Gasteiger partial charge in [0, 0.05) is 27.9 Å². The fourth-order valence-electron chi connectivity index (χ4n) is 2.62. The van der Waals surface area contributed by atoms with Crippen molar-refractivity contribution in [2.45, 2.75) is 5.75 Å². The predicted octanol–water partition coefficient (Wildman–Crippen LogP) is 2.71. The molecule has 2 aromatic rings. The summed E-state index contributed by atoms with van der Waals surface area (Å²) in [5, 5.41) is 2.82. The lowest BCUT2D eigenvalue weighted by molar-refractivity contribution is 0.0729. The molecule has 0 radical (unpaired) electrons. The molecule has 0 saturated carbocycles. The zero-order valence-corrected chi connectivity index (χ0v) is 17.0. The molecule has 26 heavy (non-hydrogen) atoms. The van der Waals surface area contributed by atoms with Crippen LogP contribution >= 0.6 is 22.6 Å². The molecule has 1 heterocycles. The monoisotopic (exact) mass is 486 g/mol. The van der Waals surface area contributed by atoms with Crippen molar-refractivity contribution < 1.29 is 17.9 Å². The van der Waals surface area contributed by atoms with Gasteiger partial charge < -0.3 is 10.1 Å². The molecule has 1 fully saturated rings. The van der Waals surface area contributed by atoms with Crippen molar-refractivity contribution in [3.63, 3.8) is 0 Å². The zero-order chi connectivity index (χ0) is 18.6. The van der Waals surface area contributed by atoms with Gasteiger partial charge in [-0.25, -0.2) is 8.42 Å². The summed E-state index contributed by atoms with van der Waals surface area (Å²) in [7, 11) is -3.37. The molecule has 3 rings (SSSR count). The molecular weight excluding hydrogens is 467 g/mol. The molecule has 2 aromatic carbocycles. The van der Waals surface area contributed by atoms with E-state index < -0.39 is 10.0 Å². The maximum Gasteiger partial charge on any atom is 0.255 e. The van der Waals surface area contributed by atoms with Crippen molar-refractivity contribution in [1.82, 2.24) is 4.31 Å². The van der Waals surface area contributed by atoms with E-state index in [1.165, 1.54) is 4.31 Å². The van der Waals surface area contributed by atoms with Gasteiger partial charge in [-0.05, 0) is 64.6 Å². The Morgan fingerprint density at radius 2 is 1.65 bits per heavy atom. The van der Waals surface area contributed by atoms with Gasteiger partial charge in [-0.15, -0.1) is 0 Å². The second-order valence-electron chi connectivity index (χ2n) is 5.93. The molecule has 0 bridgehead atoms. The zero-order valence-electron chi connectivity index (χ0n) is 14.0. The van der Waals surface area contributed by atoms with E-state index in [0.29, 0.717) is 37.4 Å². The maximum atomic E-state index is 12.4. The van der Waals surface area contributed by atoms with Crippen LogP contribution in [0.25, 0.3) is 0 Å².